The Morgan fingerprint density at radius 3 is 2.73 bits per heavy atom. The van der Waals surface area contributed by atoms with E-state index in [0.29, 0.717) is 18.2 Å². The van der Waals surface area contributed by atoms with Gasteiger partial charge in [-0.2, -0.15) is 0 Å². The van der Waals surface area contributed by atoms with Gasteiger partial charge in [-0.15, -0.1) is 0 Å². The van der Waals surface area contributed by atoms with Crippen LogP contribution in [0.1, 0.15) is 24.0 Å². The number of nitrogens with zero attached hydrogens (tertiary/aromatic N) is 1. The fourth-order valence-corrected chi connectivity index (χ4v) is 3.85. The van der Waals surface area contributed by atoms with Crippen molar-refractivity contribution in [3.8, 4) is 22.8 Å². The Kier molecular flexibility index (Phi) is 4.64. The Bertz CT molecular complexity index is 1110. The van der Waals surface area contributed by atoms with Crippen LogP contribution in [0.5, 0.6) is 11.5 Å². The van der Waals surface area contributed by atoms with E-state index < -0.39 is 5.41 Å². The summed E-state index contributed by atoms with van der Waals surface area (Å²) in [4.78, 5) is 17.8. The third-order valence-electron chi connectivity index (χ3n) is 5.63. The maximum Gasteiger partial charge on any atom is 0.236 e. The van der Waals surface area contributed by atoms with Gasteiger partial charge in [-0.1, -0.05) is 30.3 Å². The molecule has 2 heterocycles. The number of aromatic nitrogens is 1. The van der Waals surface area contributed by atoms with E-state index in [1.165, 1.54) is 0 Å². The summed E-state index contributed by atoms with van der Waals surface area (Å²) in [5, 5.41) is 3.01. The molecule has 1 aliphatic carbocycles. The van der Waals surface area contributed by atoms with Crippen molar-refractivity contribution in [1.29, 1.82) is 0 Å². The Labute approximate surface area is 174 Å². The second-order valence-electron chi connectivity index (χ2n) is 7.65. The predicted octanol–water partition coefficient (Wildman–Crippen LogP) is 4.29. The zero-order valence-corrected chi connectivity index (χ0v) is 16.7. The van der Waals surface area contributed by atoms with E-state index in [4.69, 9.17) is 14.2 Å². The molecule has 1 aromatic heterocycles. The van der Waals surface area contributed by atoms with Gasteiger partial charge in [-0.25, -0.2) is 4.98 Å². The monoisotopic (exact) mass is 402 g/mol. The number of methoxy groups -OCH3 is 1. The Hall–Kier alpha value is -3.38. The number of benzene rings is 2. The quantitative estimate of drug-likeness (QED) is 0.666. The number of hydrogen-bond acceptors (Lipinski definition) is 5. The summed E-state index contributed by atoms with van der Waals surface area (Å²) in [5.41, 5.74) is 3.28. The molecule has 1 aliphatic heterocycles. The summed E-state index contributed by atoms with van der Waals surface area (Å²) >= 11 is 0. The number of pyridine rings is 1. The highest BCUT2D eigenvalue weighted by atomic mass is 16.7. The van der Waals surface area contributed by atoms with Crippen molar-refractivity contribution in [3.63, 3.8) is 0 Å². The van der Waals surface area contributed by atoms with E-state index in [1.54, 1.807) is 7.11 Å². The Morgan fingerprint density at radius 1 is 1.07 bits per heavy atom. The van der Waals surface area contributed by atoms with E-state index in [0.717, 1.165) is 41.0 Å². The molecule has 0 spiro atoms. The van der Waals surface area contributed by atoms with Gasteiger partial charge in [0.05, 0.1) is 17.7 Å². The van der Waals surface area contributed by atoms with Crippen molar-refractivity contribution < 1.29 is 19.0 Å². The van der Waals surface area contributed by atoms with Gasteiger partial charge in [0, 0.05) is 12.7 Å². The van der Waals surface area contributed by atoms with Crippen LogP contribution in [0, 0.1) is 0 Å². The third-order valence-corrected chi connectivity index (χ3v) is 5.63. The molecule has 0 radical (unpaired) electrons. The minimum absolute atomic E-state index is 0.0425. The van der Waals surface area contributed by atoms with Crippen LogP contribution < -0.4 is 14.8 Å². The van der Waals surface area contributed by atoms with Crippen LogP contribution in [0.3, 0.4) is 0 Å². The maximum atomic E-state index is 13.1. The average molecular weight is 402 g/mol. The number of amides is 1. The zero-order chi connectivity index (χ0) is 20.6. The Balaban J connectivity index is 1.37. The third kappa shape index (κ3) is 3.39. The molecular formula is C24H22N2O4. The average Bonchev–Trinajstić information content (AvgIpc) is 3.45. The summed E-state index contributed by atoms with van der Waals surface area (Å²) < 4.78 is 16.1. The lowest BCUT2D eigenvalue weighted by Gasteiger charge is -2.16. The second kappa shape index (κ2) is 7.46. The predicted molar refractivity (Wildman–Crippen MR) is 112 cm³/mol. The highest BCUT2D eigenvalue weighted by Gasteiger charge is 2.51. The van der Waals surface area contributed by atoms with E-state index in [1.807, 2.05) is 60.7 Å². The van der Waals surface area contributed by atoms with Crippen molar-refractivity contribution in [2.24, 2.45) is 0 Å². The fraction of sp³-hybridized carbons (Fsp3) is 0.250. The van der Waals surface area contributed by atoms with Crippen LogP contribution in [-0.4, -0.2) is 24.8 Å². The number of carbonyl (C=O) groups excluding carboxylic acids is 1. The van der Waals surface area contributed by atoms with Crippen LogP contribution in [0.25, 0.3) is 11.3 Å². The number of anilines is 1. The molecule has 2 aliphatic rings. The minimum atomic E-state index is -0.531. The van der Waals surface area contributed by atoms with Gasteiger partial charge in [-0.05, 0) is 54.3 Å². The van der Waals surface area contributed by atoms with Crippen molar-refractivity contribution in [2.75, 3.05) is 19.2 Å². The van der Waals surface area contributed by atoms with Crippen molar-refractivity contribution >= 4 is 11.7 Å². The normalized spacial score (nSPS) is 15.6. The van der Waals surface area contributed by atoms with Crippen molar-refractivity contribution in [3.05, 3.63) is 71.8 Å². The fourth-order valence-electron chi connectivity index (χ4n) is 3.85. The summed E-state index contributed by atoms with van der Waals surface area (Å²) in [6, 6.07) is 19.4. The summed E-state index contributed by atoms with van der Waals surface area (Å²) in [6.45, 7) is 0.766. The second-order valence-corrected chi connectivity index (χ2v) is 7.65. The number of ether oxygens (including phenoxy) is 3. The van der Waals surface area contributed by atoms with Gasteiger partial charge in [0.25, 0.3) is 0 Å². The summed E-state index contributed by atoms with van der Waals surface area (Å²) in [7, 11) is 1.68. The van der Waals surface area contributed by atoms with Crippen molar-refractivity contribution in [1.82, 2.24) is 4.98 Å². The van der Waals surface area contributed by atoms with E-state index in [2.05, 4.69) is 10.3 Å². The van der Waals surface area contributed by atoms with E-state index in [9.17, 15) is 4.79 Å². The lowest BCUT2D eigenvalue weighted by molar-refractivity contribution is -0.118. The van der Waals surface area contributed by atoms with Gasteiger partial charge in [0.15, 0.2) is 11.5 Å². The number of rotatable bonds is 6. The molecule has 2 aromatic carbocycles. The molecule has 6 heteroatoms. The van der Waals surface area contributed by atoms with Gasteiger partial charge in [-0.3, -0.25) is 4.79 Å². The summed E-state index contributed by atoms with van der Waals surface area (Å²) in [6.07, 6.45) is 1.61. The highest BCUT2D eigenvalue weighted by Crippen LogP contribution is 2.51. The number of nitrogens with one attached hydrogen (secondary N) is 1. The minimum Gasteiger partial charge on any atom is -0.454 e. The first-order valence-electron chi connectivity index (χ1n) is 9.95. The van der Waals surface area contributed by atoms with Gasteiger partial charge in [0.1, 0.15) is 5.82 Å². The molecule has 1 N–H and O–H groups in total. The highest BCUT2D eigenvalue weighted by molar-refractivity contribution is 6.01. The largest absolute Gasteiger partial charge is 0.454 e. The van der Waals surface area contributed by atoms with Gasteiger partial charge >= 0.3 is 0 Å². The molecule has 0 atom stereocenters. The lowest BCUT2D eigenvalue weighted by atomic mass is 9.94. The van der Waals surface area contributed by atoms with E-state index >= 15 is 0 Å². The molecule has 5 rings (SSSR count). The molecule has 0 unspecified atom stereocenters. The molecular weight excluding hydrogens is 380 g/mol. The smallest absolute Gasteiger partial charge is 0.236 e. The van der Waals surface area contributed by atoms with Crippen LogP contribution in [0.4, 0.5) is 5.82 Å². The van der Waals surface area contributed by atoms with Crippen LogP contribution in [0.2, 0.25) is 0 Å². The zero-order valence-electron chi connectivity index (χ0n) is 16.7. The molecule has 1 fully saturated rings. The maximum absolute atomic E-state index is 13.1. The molecule has 30 heavy (non-hydrogen) atoms. The molecule has 1 saturated carbocycles. The molecule has 3 aromatic rings. The molecule has 0 saturated heterocycles. The first-order valence-corrected chi connectivity index (χ1v) is 9.95. The van der Waals surface area contributed by atoms with Crippen molar-refractivity contribution in [2.45, 2.75) is 24.9 Å². The first kappa shape index (κ1) is 18.6. The Morgan fingerprint density at radius 2 is 1.90 bits per heavy atom. The first-order chi connectivity index (χ1) is 14.7. The number of carbonyl (C=O) groups is 1. The number of hydrogen-bond donors (Lipinski definition) is 1. The van der Waals surface area contributed by atoms with Gasteiger partial charge in [0.2, 0.25) is 12.7 Å². The number of fused-ring (bicyclic) bond motifs is 1. The standard InChI is InChI=1S/C24H22N2O4/c1-28-14-16-4-2-5-17(12-16)19-6-3-7-22(25-19)26-23(27)24(10-11-24)18-8-9-20-21(13-18)30-15-29-20/h2-9,12-13H,10-11,14-15H2,1H3,(H,25,26,27). The molecule has 6 nitrogen and oxygen atoms in total. The topological polar surface area (TPSA) is 69.7 Å². The SMILES string of the molecule is COCc1cccc(-c2cccc(NC(=O)C3(c4ccc5c(c4)OCO5)CC3)n2)c1. The molecule has 0 bridgehead atoms. The van der Waals surface area contributed by atoms with Crippen LogP contribution in [-0.2, 0) is 21.6 Å². The van der Waals surface area contributed by atoms with E-state index in [-0.39, 0.29) is 12.7 Å². The summed E-state index contributed by atoms with van der Waals surface area (Å²) in [5.74, 6) is 1.92. The molecule has 1 amide bonds. The molecule has 152 valence electrons. The lowest BCUT2D eigenvalue weighted by Crippen LogP contribution is -2.28. The van der Waals surface area contributed by atoms with Gasteiger partial charge < -0.3 is 19.5 Å². The van der Waals surface area contributed by atoms with Crippen LogP contribution in [0.15, 0.2) is 60.7 Å². The van der Waals surface area contributed by atoms with Crippen LogP contribution >= 0.6 is 0 Å².